The van der Waals surface area contributed by atoms with Crippen LogP contribution in [0.3, 0.4) is 0 Å². The predicted molar refractivity (Wildman–Crippen MR) is 119 cm³/mol. The van der Waals surface area contributed by atoms with E-state index in [9.17, 15) is 4.79 Å². The standard InChI is InChI=1S/C23H15Cl3N2O2/c24-15-8-6-14(7-9-15)21(29)23-28-20(12-19(27-28)13-4-2-1-3-5-13)17-10-16(25)11-18(26)22(17)30-23/h1-11,20,23H,12H2/t20-,23-/m1/s1. The summed E-state index contributed by atoms with van der Waals surface area (Å²) in [5.41, 5.74) is 3.18. The summed E-state index contributed by atoms with van der Waals surface area (Å²) < 4.78 is 6.11. The van der Waals surface area contributed by atoms with E-state index in [1.165, 1.54) is 0 Å². The van der Waals surface area contributed by atoms with Gasteiger partial charge in [0.1, 0.15) is 5.75 Å². The minimum Gasteiger partial charge on any atom is -0.459 e. The fraction of sp³-hybridized carbons (Fsp3) is 0.130. The summed E-state index contributed by atoms with van der Waals surface area (Å²) in [5.74, 6) is 0.255. The predicted octanol–water partition coefficient (Wildman–Crippen LogP) is 6.40. The van der Waals surface area contributed by atoms with E-state index < -0.39 is 6.23 Å². The van der Waals surface area contributed by atoms with Crippen molar-refractivity contribution in [3.8, 4) is 5.75 Å². The van der Waals surface area contributed by atoms with Gasteiger partial charge in [-0.25, -0.2) is 5.01 Å². The number of nitrogens with zero attached hydrogens (tertiary/aromatic N) is 2. The Morgan fingerprint density at radius 1 is 0.967 bits per heavy atom. The first kappa shape index (κ1) is 19.4. The van der Waals surface area contributed by atoms with Crippen LogP contribution in [0.4, 0.5) is 0 Å². The minimum atomic E-state index is -0.941. The first-order valence-corrected chi connectivity index (χ1v) is 10.5. The van der Waals surface area contributed by atoms with Crippen LogP contribution in [0, 0.1) is 0 Å². The van der Waals surface area contributed by atoms with Crippen molar-refractivity contribution in [2.75, 3.05) is 0 Å². The van der Waals surface area contributed by atoms with Crippen LogP contribution in [-0.2, 0) is 0 Å². The van der Waals surface area contributed by atoms with E-state index in [0.717, 1.165) is 16.8 Å². The van der Waals surface area contributed by atoms with Gasteiger partial charge in [0.25, 0.3) is 6.23 Å². The summed E-state index contributed by atoms with van der Waals surface area (Å²) in [6.45, 7) is 0. The molecule has 0 aromatic heterocycles. The lowest BCUT2D eigenvalue weighted by Crippen LogP contribution is -2.46. The van der Waals surface area contributed by atoms with E-state index in [2.05, 4.69) is 0 Å². The van der Waals surface area contributed by atoms with Gasteiger partial charge >= 0.3 is 0 Å². The SMILES string of the molecule is O=C(c1ccc(Cl)cc1)[C@H]1Oc2c(Cl)cc(Cl)cc2[C@H]2CC(c3ccccc3)=NN12. The number of ketones is 1. The molecule has 0 bridgehead atoms. The maximum absolute atomic E-state index is 13.3. The van der Waals surface area contributed by atoms with Gasteiger partial charge < -0.3 is 4.74 Å². The number of carbonyl (C=O) groups is 1. The third kappa shape index (κ3) is 3.35. The lowest BCUT2D eigenvalue weighted by Gasteiger charge is -2.37. The number of halogens is 3. The molecule has 150 valence electrons. The quantitative estimate of drug-likeness (QED) is 0.427. The Kier molecular flexibility index (Phi) is 4.94. The van der Waals surface area contributed by atoms with Gasteiger partial charge in [0.15, 0.2) is 0 Å². The number of fused-ring (bicyclic) bond motifs is 3. The fourth-order valence-electron chi connectivity index (χ4n) is 3.85. The third-order valence-electron chi connectivity index (χ3n) is 5.27. The molecule has 0 radical (unpaired) electrons. The number of Topliss-reactive ketones (excluding diaryl/α,β-unsaturated/α-hetero) is 1. The van der Waals surface area contributed by atoms with Gasteiger partial charge in [-0.3, -0.25) is 4.79 Å². The van der Waals surface area contributed by atoms with Crippen molar-refractivity contribution in [3.63, 3.8) is 0 Å². The summed E-state index contributed by atoms with van der Waals surface area (Å²) in [6, 6.07) is 19.8. The van der Waals surface area contributed by atoms with Crippen molar-refractivity contribution in [1.82, 2.24) is 5.01 Å². The molecule has 2 atom stereocenters. The summed E-state index contributed by atoms with van der Waals surface area (Å²) >= 11 is 18.7. The highest BCUT2D eigenvalue weighted by Crippen LogP contribution is 2.47. The van der Waals surface area contributed by atoms with Crippen molar-refractivity contribution in [3.05, 3.63) is 98.5 Å². The highest BCUT2D eigenvalue weighted by atomic mass is 35.5. The number of carbonyl (C=O) groups excluding carboxylic acids is 1. The normalized spacial score (nSPS) is 19.6. The molecule has 0 aliphatic carbocycles. The van der Waals surface area contributed by atoms with Gasteiger partial charge in [0.05, 0.1) is 16.8 Å². The highest BCUT2D eigenvalue weighted by molar-refractivity contribution is 6.35. The second-order valence-electron chi connectivity index (χ2n) is 7.16. The molecule has 0 amide bonds. The van der Waals surface area contributed by atoms with Gasteiger partial charge in [-0.2, -0.15) is 5.10 Å². The molecule has 30 heavy (non-hydrogen) atoms. The van der Waals surface area contributed by atoms with Crippen molar-refractivity contribution >= 4 is 46.3 Å². The Balaban J connectivity index is 1.60. The number of hydrazone groups is 1. The van der Waals surface area contributed by atoms with Gasteiger partial charge in [0, 0.05) is 27.6 Å². The first-order chi connectivity index (χ1) is 14.5. The number of rotatable bonds is 3. The molecular formula is C23H15Cl3N2O2. The summed E-state index contributed by atoms with van der Waals surface area (Å²) in [5, 5.41) is 7.94. The van der Waals surface area contributed by atoms with Gasteiger partial charge in [-0.05, 0) is 42.0 Å². The lowest BCUT2D eigenvalue weighted by molar-refractivity contribution is -0.00447. The van der Waals surface area contributed by atoms with Crippen LogP contribution in [0.15, 0.2) is 71.8 Å². The van der Waals surface area contributed by atoms with Crippen molar-refractivity contribution in [1.29, 1.82) is 0 Å². The van der Waals surface area contributed by atoms with E-state index in [0.29, 0.717) is 32.8 Å². The Morgan fingerprint density at radius 3 is 2.43 bits per heavy atom. The average Bonchev–Trinajstić information content (AvgIpc) is 3.20. The van der Waals surface area contributed by atoms with Crippen LogP contribution < -0.4 is 4.74 Å². The van der Waals surface area contributed by atoms with Gasteiger partial charge in [0.2, 0.25) is 5.78 Å². The second-order valence-corrected chi connectivity index (χ2v) is 8.44. The summed E-state index contributed by atoms with van der Waals surface area (Å²) in [7, 11) is 0. The smallest absolute Gasteiger partial charge is 0.251 e. The van der Waals surface area contributed by atoms with Crippen molar-refractivity contribution in [2.45, 2.75) is 18.7 Å². The lowest BCUT2D eigenvalue weighted by atomic mass is 9.95. The van der Waals surface area contributed by atoms with Crippen LogP contribution in [0.1, 0.15) is 33.9 Å². The van der Waals surface area contributed by atoms with E-state index in [-0.39, 0.29) is 11.8 Å². The molecule has 3 aromatic carbocycles. The van der Waals surface area contributed by atoms with E-state index in [4.69, 9.17) is 44.6 Å². The second kappa shape index (κ2) is 7.62. The summed E-state index contributed by atoms with van der Waals surface area (Å²) in [4.78, 5) is 13.3. The molecule has 7 heteroatoms. The Labute approximate surface area is 188 Å². The monoisotopic (exact) mass is 456 g/mol. The maximum atomic E-state index is 13.3. The van der Waals surface area contributed by atoms with E-state index >= 15 is 0 Å². The van der Waals surface area contributed by atoms with E-state index in [1.807, 2.05) is 36.4 Å². The van der Waals surface area contributed by atoms with Crippen molar-refractivity contribution < 1.29 is 9.53 Å². The highest BCUT2D eigenvalue weighted by Gasteiger charge is 2.44. The molecule has 0 N–H and O–H groups in total. The average molecular weight is 458 g/mol. The van der Waals surface area contributed by atoms with E-state index in [1.54, 1.807) is 35.3 Å². The van der Waals surface area contributed by atoms with Crippen LogP contribution in [0.2, 0.25) is 15.1 Å². The molecule has 0 unspecified atom stereocenters. The molecule has 4 nitrogen and oxygen atoms in total. The first-order valence-electron chi connectivity index (χ1n) is 9.38. The van der Waals surface area contributed by atoms with Gasteiger partial charge in [-0.15, -0.1) is 0 Å². The van der Waals surface area contributed by atoms with Crippen LogP contribution in [0.5, 0.6) is 5.75 Å². The number of hydrogen-bond acceptors (Lipinski definition) is 4. The number of hydrogen-bond donors (Lipinski definition) is 0. The number of benzene rings is 3. The molecule has 2 aliphatic heterocycles. The maximum Gasteiger partial charge on any atom is 0.251 e. The molecule has 2 aliphatic rings. The molecule has 0 fully saturated rings. The number of ether oxygens (including phenoxy) is 1. The molecular weight excluding hydrogens is 443 g/mol. The Bertz CT molecular complexity index is 1160. The Hall–Kier alpha value is -2.53. The molecule has 3 aromatic rings. The van der Waals surface area contributed by atoms with Crippen LogP contribution >= 0.6 is 34.8 Å². The zero-order valence-electron chi connectivity index (χ0n) is 15.6. The topological polar surface area (TPSA) is 41.9 Å². The molecule has 2 heterocycles. The third-order valence-corrected chi connectivity index (χ3v) is 6.02. The van der Waals surface area contributed by atoms with Crippen LogP contribution in [0.25, 0.3) is 0 Å². The van der Waals surface area contributed by atoms with Crippen molar-refractivity contribution in [2.24, 2.45) is 5.10 Å². The largest absolute Gasteiger partial charge is 0.459 e. The molecule has 0 spiro atoms. The molecule has 0 saturated carbocycles. The Morgan fingerprint density at radius 2 is 1.70 bits per heavy atom. The zero-order valence-corrected chi connectivity index (χ0v) is 17.8. The molecule has 5 rings (SSSR count). The zero-order chi connectivity index (χ0) is 20.8. The fourth-order valence-corrected chi connectivity index (χ4v) is 4.53. The van der Waals surface area contributed by atoms with Crippen LogP contribution in [-0.4, -0.2) is 22.7 Å². The summed E-state index contributed by atoms with van der Waals surface area (Å²) in [6.07, 6.45) is -0.329. The van der Waals surface area contributed by atoms with Gasteiger partial charge in [-0.1, -0.05) is 65.1 Å². The molecule has 0 saturated heterocycles. The minimum absolute atomic E-state index is 0.207.